The van der Waals surface area contributed by atoms with Crippen molar-refractivity contribution < 1.29 is 19.4 Å². The van der Waals surface area contributed by atoms with Crippen LogP contribution in [0.4, 0.5) is 5.69 Å². The molecule has 0 fully saturated rings. The molecule has 1 aliphatic heterocycles. The Kier molecular flexibility index (Phi) is 5.75. The Morgan fingerprint density at radius 2 is 1.90 bits per heavy atom. The number of carbonyl (C=O) groups excluding carboxylic acids is 1. The molecule has 0 unspecified atom stereocenters. The van der Waals surface area contributed by atoms with Crippen molar-refractivity contribution in [1.82, 2.24) is 0 Å². The van der Waals surface area contributed by atoms with Crippen LogP contribution in [0.15, 0.2) is 36.4 Å². The Morgan fingerprint density at radius 1 is 1.20 bits per heavy atom. The average Bonchev–Trinajstić information content (AvgIpc) is 2.65. The molecular formula is C25H29NO4. The summed E-state index contributed by atoms with van der Waals surface area (Å²) < 4.78 is 5.59. The molecule has 30 heavy (non-hydrogen) atoms. The van der Waals surface area contributed by atoms with E-state index in [0.29, 0.717) is 12.2 Å². The van der Waals surface area contributed by atoms with Gasteiger partial charge in [0.15, 0.2) is 0 Å². The van der Waals surface area contributed by atoms with E-state index >= 15 is 0 Å². The standard InChI is InChI=1S/C25H29NO4/c1-15(2)26-21-13-18(16(3)11-20(21)25(4,5)14-23(26)27)19-12-17(8-10-24(28)29)7-9-22(19)30-6/h7-13,15H,14H2,1-6H3,(H,28,29)/b10-8+. The lowest BCUT2D eigenvalue weighted by Crippen LogP contribution is -2.45. The summed E-state index contributed by atoms with van der Waals surface area (Å²) in [5.74, 6) is -0.170. The maximum atomic E-state index is 12.9. The van der Waals surface area contributed by atoms with Crippen molar-refractivity contribution in [2.24, 2.45) is 0 Å². The molecule has 2 aromatic carbocycles. The van der Waals surface area contributed by atoms with Gasteiger partial charge in [-0.3, -0.25) is 4.79 Å². The fourth-order valence-corrected chi connectivity index (χ4v) is 4.19. The Morgan fingerprint density at radius 3 is 2.50 bits per heavy atom. The third kappa shape index (κ3) is 3.97. The van der Waals surface area contributed by atoms with E-state index in [1.807, 2.05) is 36.9 Å². The van der Waals surface area contributed by atoms with E-state index in [2.05, 4.69) is 32.9 Å². The third-order valence-corrected chi connectivity index (χ3v) is 5.64. The number of nitrogens with zero attached hydrogens (tertiary/aromatic N) is 1. The summed E-state index contributed by atoms with van der Waals surface area (Å²) in [6, 6.07) is 9.88. The molecular weight excluding hydrogens is 378 g/mol. The summed E-state index contributed by atoms with van der Waals surface area (Å²) in [6.07, 6.45) is 3.16. The number of aryl methyl sites for hydroxylation is 1. The van der Waals surface area contributed by atoms with Crippen LogP contribution in [0.3, 0.4) is 0 Å². The maximum Gasteiger partial charge on any atom is 0.328 e. The van der Waals surface area contributed by atoms with Crippen molar-refractivity contribution in [2.45, 2.75) is 52.5 Å². The van der Waals surface area contributed by atoms with Gasteiger partial charge in [0.05, 0.1) is 7.11 Å². The van der Waals surface area contributed by atoms with Gasteiger partial charge in [0.25, 0.3) is 0 Å². The molecule has 0 atom stereocenters. The lowest BCUT2D eigenvalue weighted by molar-refractivity contribution is -0.131. The predicted molar refractivity (Wildman–Crippen MR) is 120 cm³/mol. The summed E-state index contributed by atoms with van der Waals surface area (Å²) in [5.41, 5.74) is 5.53. The monoisotopic (exact) mass is 407 g/mol. The van der Waals surface area contributed by atoms with E-state index < -0.39 is 5.97 Å². The van der Waals surface area contributed by atoms with Gasteiger partial charge in [-0.25, -0.2) is 4.79 Å². The van der Waals surface area contributed by atoms with E-state index in [-0.39, 0.29) is 17.4 Å². The number of amides is 1. The Hall–Kier alpha value is -3.08. The summed E-state index contributed by atoms with van der Waals surface area (Å²) in [5, 5.41) is 8.94. The quantitative estimate of drug-likeness (QED) is 0.693. The van der Waals surface area contributed by atoms with E-state index in [1.54, 1.807) is 13.2 Å². The minimum Gasteiger partial charge on any atom is -0.496 e. The number of carbonyl (C=O) groups is 2. The van der Waals surface area contributed by atoms with Crippen LogP contribution in [0, 0.1) is 6.92 Å². The molecule has 0 spiro atoms. The van der Waals surface area contributed by atoms with Crippen LogP contribution < -0.4 is 9.64 Å². The smallest absolute Gasteiger partial charge is 0.328 e. The number of methoxy groups -OCH3 is 1. The van der Waals surface area contributed by atoms with Crippen molar-refractivity contribution in [3.05, 3.63) is 53.1 Å². The summed E-state index contributed by atoms with van der Waals surface area (Å²) in [6.45, 7) is 10.3. The van der Waals surface area contributed by atoms with Crippen LogP contribution in [0.5, 0.6) is 5.75 Å². The highest BCUT2D eigenvalue weighted by Crippen LogP contribution is 2.45. The van der Waals surface area contributed by atoms with Crippen LogP contribution >= 0.6 is 0 Å². The summed E-state index contributed by atoms with van der Waals surface area (Å²) >= 11 is 0. The van der Waals surface area contributed by atoms with Crippen molar-refractivity contribution >= 4 is 23.6 Å². The Labute approximate surface area is 178 Å². The predicted octanol–water partition coefficient (Wildman–Crippen LogP) is 5.19. The molecule has 1 aliphatic rings. The number of hydrogen-bond acceptors (Lipinski definition) is 3. The fraction of sp³-hybridized carbons (Fsp3) is 0.360. The highest BCUT2D eigenvalue weighted by molar-refractivity contribution is 5.99. The molecule has 0 aliphatic carbocycles. The lowest BCUT2D eigenvalue weighted by Gasteiger charge is -2.41. The molecule has 1 N–H and O–H groups in total. The third-order valence-electron chi connectivity index (χ3n) is 5.64. The molecule has 0 saturated heterocycles. The second-order valence-electron chi connectivity index (χ2n) is 8.73. The molecule has 5 nitrogen and oxygen atoms in total. The van der Waals surface area contributed by atoms with Crippen LogP contribution in [0.1, 0.15) is 50.8 Å². The molecule has 0 aromatic heterocycles. The maximum absolute atomic E-state index is 12.9. The van der Waals surface area contributed by atoms with E-state index in [0.717, 1.165) is 39.6 Å². The first kappa shape index (κ1) is 21.6. The highest BCUT2D eigenvalue weighted by Gasteiger charge is 2.38. The van der Waals surface area contributed by atoms with Gasteiger partial charge in [-0.2, -0.15) is 0 Å². The van der Waals surface area contributed by atoms with E-state index in [4.69, 9.17) is 9.84 Å². The molecule has 1 amide bonds. The second kappa shape index (κ2) is 7.98. The number of ether oxygens (including phenoxy) is 1. The summed E-state index contributed by atoms with van der Waals surface area (Å²) in [4.78, 5) is 25.7. The molecule has 3 rings (SSSR count). The first-order valence-electron chi connectivity index (χ1n) is 10.1. The van der Waals surface area contributed by atoms with Crippen LogP contribution in [0.25, 0.3) is 17.2 Å². The largest absolute Gasteiger partial charge is 0.496 e. The SMILES string of the molecule is COc1ccc(/C=C/C(=O)O)cc1-c1cc2c(cc1C)C(C)(C)CC(=O)N2C(C)C. The molecule has 0 radical (unpaired) electrons. The van der Waals surface area contributed by atoms with Gasteiger partial charge in [-0.1, -0.05) is 26.0 Å². The number of rotatable bonds is 5. The number of fused-ring (bicyclic) bond motifs is 1. The first-order chi connectivity index (χ1) is 14.0. The van der Waals surface area contributed by atoms with Crippen molar-refractivity contribution in [1.29, 1.82) is 0 Å². The first-order valence-corrected chi connectivity index (χ1v) is 10.1. The van der Waals surface area contributed by atoms with Gasteiger partial charge >= 0.3 is 5.97 Å². The normalized spacial score (nSPS) is 15.6. The molecule has 5 heteroatoms. The summed E-state index contributed by atoms with van der Waals surface area (Å²) in [7, 11) is 1.62. The van der Waals surface area contributed by atoms with Gasteiger partial charge in [-0.15, -0.1) is 0 Å². The van der Waals surface area contributed by atoms with Crippen molar-refractivity contribution in [2.75, 3.05) is 12.0 Å². The average molecular weight is 408 g/mol. The van der Waals surface area contributed by atoms with E-state index in [9.17, 15) is 9.59 Å². The van der Waals surface area contributed by atoms with Crippen molar-refractivity contribution in [3.8, 4) is 16.9 Å². The molecule has 1 heterocycles. The number of carboxylic acids is 1. The van der Waals surface area contributed by atoms with Gasteiger partial charge in [0, 0.05) is 35.2 Å². The van der Waals surface area contributed by atoms with Gasteiger partial charge in [-0.05, 0) is 67.3 Å². The topological polar surface area (TPSA) is 66.8 Å². The Bertz CT molecular complexity index is 1030. The van der Waals surface area contributed by atoms with Crippen LogP contribution in [0.2, 0.25) is 0 Å². The number of aliphatic carboxylic acids is 1. The Balaban J connectivity index is 2.24. The van der Waals surface area contributed by atoms with Crippen LogP contribution in [-0.4, -0.2) is 30.1 Å². The fourth-order valence-electron chi connectivity index (χ4n) is 4.19. The zero-order chi connectivity index (χ0) is 22.2. The molecule has 158 valence electrons. The van der Waals surface area contributed by atoms with Crippen LogP contribution in [-0.2, 0) is 15.0 Å². The minimum absolute atomic E-state index is 0.0506. The number of hydrogen-bond donors (Lipinski definition) is 1. The minimum atomic E-state index is -0.995. The van der Waals surface area contributed by atoms with Gasteiger partial charge < -0.3 is 14.7 Å². The zero-order valence-corrected chi connectivity index (χ0v) is 18.4. The number of benzene rings is 2. The molecule has 0 bridgehead atoms. The van der Waals surface area contributed by atoms with E-state index in [1.165, 1.54) is 0 Å². The van der Waals surface area contributed by atoms with Gasteiger partial charge in [0.1, 0.15) is 5.75 Å². The second-order valence-corrected chi connectivity index (χ2v) is 8.73. The lowest BCUT2D eigenvalue weighted by atomic mass is 9.75. The highest BCUT2D eigenvalue weighted by atomic mass is 16.5. The van der Waals surface area contributed by atoms with Gasteiger partial charge in [0.2, 0.25) is 5.91 Å². The number of anilines is 1. The molecule has 0 saturated carbocycles. The van der Waals surface area contributed by atoms with Crippen molar-refractivity contribution in [3.63, 3.8) is 0 Å². The zero-order valence-electron chi connectivity index (χ0n) is 18.4. The molecule has 2 aromatic rings. The number of carboxylic acid groups (broad SMARTS) is 1.